The van der Waals surface area contributed by atoms with Crippen molar-refractivity contribution in [2.75, 3.05) is 17.4 Å². The zero-order chi connectivity index (χ0) is 28.4. The lowest BCUT2D eigenvalue weighted by Gasteiger charge is -2.33. The van der Waals surface area contributed by atoms with Crippen molar-refractivity contribution >= 4 is 27.5 Å². The minimum atomic E-state index is -4.30. The summed E-state index contributed by atoms with van der Waals surface area (Å²) in [7, 11) is -4.30. The largest absolute Gasteiger partial charge is 0.352 e. The first-order chi connectivity index (χ1) is 18.7. The summed E-state index contributed by atoms with van der Waals surface area (Å²) in [5.41, 5.74) is 0.727. The van der Waals surface area contributed by atoms with Crippen molar-refractivity contribution in [2.24, 2.45) is 0 Å². The van der Waals surface area contributed by atoms with Crippen LogP contribution >= 0.6 is 0 Å². The summed E-state index contributed by atoms with van der Waals surface area (Å²) in [6, 6.07) is 21.6. The summed E-state index contributed by atoms with van der Waals surface area (Å²) in [6.07, 6.45) is 1.51. The highest BCUT2D eigenvalue weighted by atomic mass is 32.2. The third kappa shape index (κ3) is 7.66. The predicted octanol–water partition coefficient (Wildman–Crippen LogP) is 4.79. The van der Waals surface area contributed by atoms with Crippen LogP contribution < -0.4 is 9.62 Å². The van der Waals surface area contributed by atoms with Crippen LogP contribution in [0.1, 0.15) is 39.2 Å². The Labute approximate surface area is 230 Å². The van der Waals surface area contributed by atoms with E-state index in [-0.39, 0.29) is 29.1 Å². The maximum Gasteiger partial charge on any atom is 0.264 e. The Hall–Kier alpha value is -3.72. The van der Waals surface area contributed by atoms with Crippen LogP contribution in [0.3, 0.4) is 0 Å². The Bertz CT molecular complexity index is 1340. The fourth-order valence-electron chi connectivity index (χ4n) is 4.22. The van der Waals surface area contributed by atoms with E-state index in [1.165, 1.54) is 35.2 Å². The Morgan fingerprint density at radius 3 is 2.05 bits per heavy atom. The van der Waals surface area contributed by atoms with Crippen molar-refractivity contribution in [3.05, 3.63) is 96.3 Å². The molecule has 0 heterocycles. The quantitative estimate of drug-likeness (QED) is 0.330. The second-order valence-electron chi connectivity index (χ2n) is 9.34. The standard InChI is InChI=1S/C30H36FN3O4S/c1-4-23(3)32-30(36)27(5-2)33(21-20-24-14-8-6-9-15-24)29(35)22-34(28-19-13-12-18-26(28)31)39(37,38)25-16-10-7-11-17-25/h6-19,23,27H,4-5,20-22H2,1-3H3,(H,32,36)/t23-,27-/m1/s1. The number of hydrogen-bond acceptors (Lipinski definition) is 4. The van der Waals surface area contributed by atoms with Gasteiger partial charge in [-0.1, -0.05) is 74.5 Å². The van der Waals surface area contributed by atoms with E-state index in [2.05, 4.69) is 5.32 Å². The Kier molecular flexibility index (Phi) is 10.6. The lowest BCUT2D eigenvalue weighted by molar-refractivity contribution is -0.139. The molecule has 0 aliphatic rings. The van der Waals surface area contributed by atoms with Gasteiger partial charge in [0.15, 0.2) is 0 Å². The average molecular weight is 554 g/mol. The molecule has 0 unspecified atom stereocenters. The molecule has 0 aliphatic carbocycles. The molecule has 0 saturated carbocycles. The minimum Gasteiger partial charge on any atom is -0.352 e. The van der Waals surface area contributed by atoms with Crippen LogP contribution in [-0.4, -0.2) is 50.3 Å². The van der Waals surface area contributed by atoms with Gasteiger partial charge in [0.2, 0.25) is 11.8 Å². The Balaban J connectivity index is 2.00. The minimum absolute atomic E-state index is 0.0709. The van der Waals surface area contributed by atoms with E-state index in [9.17, 15) is 22.4 Å². The van der Waals surface area contributed by atoms with Crippen LogP contribution in [0.25, 0.3) is 0 Å². The topological polar surface area (TPSA) is 86.8 Å². The van der Waals surface area contributed by atoms with Crippen LogP contribution in [0, 0.1) is 5.82 Å². The van der Waals surface area contributed by atoms with E-state index >= 15 is 0 Å². The van der Waals surface area contributed by atoms with Gasteiger partial charge in [-0.3, -0.25) is 13.9 Å². The van der Waals surface area contributed by atoms with Gasteiger partial charge in [-0.05, 0) is 56.0 Å². The van der Waals surface area contributed by atoms with Gasteiger partial charge in [0.1, 0.15) is 18.4 Å². The summed E-state index contributed by atoms with van der Waals surface area (Å²) in [6.45, 7) is 5.16. The normalized spacial score (nSPS) is 12.8. The summed E-state index contributed by atoms with van der Waals surface area (Å²) in [5, 5.41) is 2.94. The van der Waals surface area contributed by atoms with Crippen LogP contribution in [0.2, 0.25) is 0 Å². The van der Waals surface area contributed by atoms with Crippen molar-refractivity contribution in [3.63, 3.8) is 0 Å². The van der Waals surface area contributed by atoms with E-state index < -0.39 is 34.3 Å². The van der Waals surface area contributed by atoms with E-state index in [0.29, 0.717) is 12.8 Å². The van der Waals surface area contributed by atoms with Gasteiger partial charge in [0, 0.05) is 12.6 Å². The first-order valence-electron chi connectivity index (χ1n) is 13.1. The molecule has 0 fully saturated rings. The van der Waals surface area contributed by atoms with Crippen molar-refractivity contribution in [2.45, 2.75) is 57.0 Å². The van der Waals surface area contributed by atoms with E-state index in [0.717, 1.165) is 22.4 Å². The zero-order valence-corrected chi connectivity index (χ0v) is 23.4. The molecular weight excluding hydrogens is 517 g/mol. The number of hydrogen-bond donors (Lipinski definition) is 1. The molecule has 0 aromatic heterocycles. The second-order valence-corrected chi connectivity index (χ2v) is 11.2. The van der Waals surface area contributed by atoms with Crippen LogP contribution in [0.5, 0.6) is 0 Å². The SMILES string of the molecule is CC[C@@H](C)NC(=O)[C@@H](CC)N(CCc1ccccc1)C(=O)CN(c1ccccc1F)S(=O)(=O)c1ccccc1. The number of para-hydroxylation sites is 1. The van der Waals surface area contributed by atoms with Gasteiger partial charge in [0.05, 0.1) is 10.6 Å². The monoisotopic (exact) mass is 553 g/mol. The molecule has 0 spiro atoms. The van der Waals surface area contributed by atoms with E-state index in [1.54, 1.807) is 25.1 Å². The van der Waals surface area contributed by atoms with Gasteiger partial charge < -0.3 is 10.2 Å². The number of carbonyl (C=O) groups is 2. The molecule has 9 heteroatoms. The molecule has 208 valence electrons. The molecule has 2 atom stereocenters. The molecule has 1 N–H and O–H groups in total. The number of anilines is 1. The van der Waals surface area contributed by atoms with Crippen LogP contribution in [0.15, 0.2) is 89.8 Å². The van der Waals surface area contributed by atoms with Crippen LogP contribution in [0.4, 0.5) is 10.1 Å². The average Bonchev–Trinajstić information content (AvgIpc) is 2.95. The number of rotatable bonds is 13. The second kappa shape index (κ2) is 13.9. The molecule has 7 nitrogen and oxygen atoms in total. The number of benzene rings is 3. The Morgan fingerprint density at radius 1 is 0.872 bits per heavy atom. The summed E-state index contributed by atoms with van der Waals surface area (Å²) < 4.78 is 43.1. The van der Waals surface area contributed by atoms with E-state index in [4.69, 9.17) is 0 Å². The molecule has 0 aliphatic heterocycles. The highest BCUT2D eigenvalue weighted by Crippen LogP contribution is 2.26. The summed E-state index contributed by atoms with van der Waals surface area (Å²) >= 11 is 0. The maximum absolute atomic E-state index is 14.9. The van der Waals surface area contributed by atoms with Gasteiger partial charge in [-0.25, -0.2) is 12.8 Å². The highest BCUT2D eigenvalue weighted by Gasteiger charge is 2.34. The number of nitrogens with one attached hydrogen (secondary N) is 1. The van der Waals surface area contributed by atoms with Gasteiger partial charge >= 0.3 is 0 Å². The molecule has 3 aromatic rings. The molecule has 3 rings (SSSR count). The van der Waals surface area contributed by atoms with Gasteiger partial charge in [0.25, 0.3) is 10.0 Å². The maximum atomic E-state index is 14.9. The molecule has 39 heavy (non-hydrogen) atoms. The number of halogens is 1. The number of sulfonamides is 1. The van der Waals surface area contributed by atoms with Gasteiger partial charge in [-0.15, -0.1) is 0 Å². The molecular formula is C30H36FN3O4S. The molecule has 3 aromatic carbocycles. The Morgan fingerprint density at radius 2 is 1.46 bits per heavy atom. The summed E-state index contributed by atoms with van der Waals surface area (Å²) in [4.78, 5) is 28.5. The predicted molar refractivity (Wildman–Crippen MR) is 151 cm³/mol. The number of amides is 2. The van der Waals surface area contributed by atoms with Crippen molar-refractivity contribution in [1.29, 1.82) is 0 Å². The van der Waals surface area contributed by atoms with Crippen molar-refractivity contribution < 1.29 is 22.4 Å². The molecule has 0 radical (unpaired) electrons. The lowest BCUT2D eigenvalue weighted by atomic mass is 10.1. The van der Waals surface area contributed by atoms with Crippen molar-refractivity contribution in [1.82, 2.24) is 10.2 Å². The number of carbonyl (C=O) groups excluding carboxylic acids is 2. The zero-order valence-electron chi connectivity index (χ0n) is 22.6. The first kappa shape index (κ1) is 29.8. The van der Waals surface area contributed by atoms with Gasteiger partial charge in [-0.2, -0.15) is 0 Å². The fourth-order valence-corrected chi connectivity index (χ4v) is 5.67. The molecule has 0 saturated heterocycles. The number of nitrogens with zero attached hydrogens (tertiary/aromatic N) is 2. The highest BCUT2D eigenvalue weighted by molar-refractivity contribution is 7.92. The lowest BCUT2D eigenvalue weighted by Crippen LogP contribution is -2.54. The van der Waals surface area contributed by atoms with Crippen molar-refractivity contribution in [3.8, 4) is 0 Å². The third-order valence-corrected chi connectivity index (χ3v) is 8.38. The molecule has 0 bridgehead atoms. The summed E-state index contributed by atoms with van der Waals surface area (Å²) in [5.74, 6) is -1.68. The smallest absolute Gasteiger partial charge is 0.264 e. The van der Waals surface area contributed by atoms with Crippen LogP contribution in [-0.2, 0) is 26.0 Å². The third-order valence-electron chi connectivity index (χ3n) is 6.60. The van der Waals surface area contributed by atoms with E-state index in [1.807, 2.05) is 44.2 Å². The first-order valence-corrected chi connectivity index (χ1v) is 14.6. The fraction of sp³-hybridized carbons (Fsp3) is 0.333. The molecule has 2 amide bonds.